The van der Waals surface area contributed by atoms with E-state index in [1.807, 2.05) is 13.0 Å². The third kappa shape index (κ3) is 5.37. The van der Waals surface area contributed by atoms with Gasteiger partial charge in [-0.3, -0.25) is 4.79 Å². The van der Waals surface area contributed by atoms with E-state index >= 15 is 0 Å². The molecule has 0 aromatic carbocycles. The Balaban J connectivity index is 1.92. The van der Waals surface area contributed by atoms with Crippen molar-refractivity contribution in [1.82, 2.24) is 25.1 Å². The molecule has 3 rings (SSSR count). The highest BCUT2D eigenvalue weighted by Gasteiger charge is 2.27. The van der Waals surface area contributed by atoms with E-state index in [2.05, 4.69) is 25.7 Å². The van der Waals surface area contributed by atoms with E-state index in [9.17, 15) is 18.7 Å². The zero-order chi connectivity index (χ0) is 23.5. The quantitative estimate of drug-likeness (QED) is 0.467. The Labute approximate surface area is 185 Å². The van der Waals surface area contributed by atoms with Crippen molar-refractivity contribution in [2.24, 2.45) is 0 Å². The van der Waals surface area contributed by atoms with Crippen LogP contribution in [0.5, 0.6) is 0 Å². The smallest absolute Gasteiger partial charge is 0.255 e. The first-order valence-corrected chi connectivity index (χ1v) is 10.4. The number of carbonyl (C=O) groups excluding carboxylic acids is 1. The molecule has 3 N–H and O–H groups in total. The second-order valence-electron chi connectivity index (χ2n) is 8.29. The summed E-state index contributed by atoms with van der Waals surface area (Å²) in [6.45, 7) is 5.91. The maximum Gasteiger partial charge on any atom is 0.255 e. The second kappa shape index (κ2) is 9.56. The number of carbonyl (C=O) groups is 1. The molecule has 0 aliphatic rings. The summed E-state index contributed by atoms with van der Waals surface area (Å²) < 4.78 is 29.4. The van der Waals surface area contributed by atoms with Crippen LogP contribution < -0.4 is 10.6 Å². The number of amides is 1. The number of hydrogen-bond donors (Lipinski definition) is 3. The zero-order valence-electron chi connectivity index (χ0n) is 18.6. The lowest BCUT2D eigenvalue weighted by Crippen LogP contribution is -2.42. The SMILES string of the molecule is CCC(F)CNc1cc(-n2ncc3cc(C)cnc32)ncc1C(=O)NCC(F)C(C)(C)O. The predicted octanol–water partition coefficient (Wildman–Crippen LogP) is 3.12. The molecule has 10 heteroatoms. The van der Waals surface area contributed by atoms with Crippen molar-refractivity contribution in [3.05, 3.63) is 41.9 Å². The first kappa shape index (κ1) is 23.5. The summed E-state index contributed by atoms with van der Waals surface area (Å²) in [6, 6.07) is 3.52. The molecule has 32 heavy (non-hydrogen) atoms. The summed E-state index contributed by atoms with van der Waals surface area (Å²) in [7, 11) is 0. The van der Waals surface area contributed by atoms with Crippen LogP contribution in [0.1, 0.15) is 43.1 Å². The average molecular weight is 447 g/mol. The number of halogens is 2. The number of aryl methyl sites for hydroxylation is 1. The summed E-state index contributed by atoms with van der Waals surface area (Å²) in [6.07, 6.45) is 2.25. The van der Waals surface area contributed by atoms with Gasteiger partial charge in [0.05, 0.1) is 29.6 Å². The van der Waals surface area contributed by atoms with Crippen molar-refractivity contribution in [3.63, 3.8) is 0 Å². The number of aliphatic hydroxyl groups is 1. The third-order valence-corrected chi connectivity index (χ3v) is 5.06. The predicted molar refractivity (Wildman–Crippen MR) is 119 cm³/mol. The van der Waals surface area contributed by atoms with Crippen LogP contribution in [0.3, 0.4) is 0 Å². The van der Waals surface area contributed by atoms with Gasteiger partial charge in [0.2, 0.25) is 0 Å². The fourth-order valence-electron chi connectivity index (χ4n) is 2.98. The molecule has 0 fully saturated rings. The molecular formula is C22H28F2N6O2. The largest absolute Gasteiger partial charge is 0.387 e. The zero-order valence-corrected chi connectivity index (χ0v) is 18.6. The van der Waals surface area contributed by atoms with Gasteiger partial charge in [0.25, 0.3) is 5.91 Å². The van der Waals surface area contributed by atoms with Crippen molar-refractivity contribution in [3.8, 4) is 5.82 Å². The van der Waals surface area contributed by atoms with Crippen molar-refractivity contribution < 1.29 is 18.7 Å². The molecule has 3 aromatic rings. The van der Waals surface area contributed by atoms with Crippen LogP contribution in [0.15, 0.2) is 30.7 Å². The topological polar surface area (TPSA) is 105 Å². The van der Waals surface area contributed by atoms with Crippen LogP contribution in [0.25, 0.3) is 16.9 Å². The van der Waals surface area contributed by atoms with Gasteiger partial charge >= 0.3 is 0 Å². The highest BCUT2D eigenvalue weighted by atomic mass is 19.1. The summed E-state index contributed by atoms with van der Waals surface area (Å²) >= 11 is 0. The number of alkyl halides is 2. The van der Waals surface area contributed by atoms with Crippen molar-refractivity contribution in [2.75, 3.05) is 18.4 Å². The summed E-state index contributed by atoms with van der Waals surface area (Å²) in [4.78, 5) is 21.4. The van der Waals surface area contributed by atoms with Gasteiger partial charge < -0.3 is 15.7 Å². The molecule has 1 amide bonds. The molecule has 0 saturated carbocycles. The van der Waals surface area contributed by atoms with Gasteiger partial charge in [-0.2, -0.15) is 9.78 Å². The first-order chi connectivity index (χ1) is 15.1. The van der Waals surface area contributed by atoms with Crippen molar-refractivity contribution in [2.45, 2.75) is 52.1 Å². The van der Waals surface area contributed by atoms with Gasteiger partial charge in [-0.25, -0.2) is 18.7 Å². The van der Waals surface area contributed by atoms with E-state index in [1.54, 1.807) is 25.4 Å². The molecule has 0 aliphatic carbocycles. The van der Waals surface area contributed by atoms with E-state index in [0.717, 1.165) is 10.9 Å². The van der Waals surface area contributed by atoms with E-state index < -0.39 is 23.9 Å². The van der Waals surface area contributed by atoms with Gasteiger partial charge in [-0.1, -0.05) is 6.92 Å². The molecule has 0 bridgehead atoms. The highest BCUT2D eigenvalue weighted by Crippen LogP contribution is 2.22. The molecule has 2 unspecified atom stereocenters. The molecule has 172 valence electrons. The maximum atomic E-state index is 14.0. The minimum atomic E-state index is -1.66. The van der Waals surface area contributed by atoms with E-state index in [0.29, 0.717) is 23.6 Å². The number of aromatic nitrogens is 4. The maximum absolute atomic E-state index is 14.0. The first-order valence-electron chi connectivity index (χ1n) is 10.4. The van der Waals surface area contributed by atoms with Crippen LogP contribution in [-0.4, -0.2) is 61.8 Å². The molecule has 0 spiro atoms. The number of nitrogens with one attached hydrogen (secondary N) is 2. The minimum absolute atomic E-state index is 0.00700. The minimum Gasteiger partial charge on any atom is -0.387 e. The Hall–Kier alpha value is -3.14. The van der Waals surface area contributed by atoms with Crippen molar-refractivity contribution >= 4 is 22.6 Å². The number of pyridine rings is 2. The van der Waals surface area contributed by atoms with Gasteiger partial charge in [-0.15, -0.1) is 0 Å². The molecule has 3 aromatic heterocycles. The van der Waals surface area contributed by atoms with Gasteiger partial charge in [0.1, 0.15) is 12.3 Å². The second-order valence-corrected chi connectivity index (χ2v) is 8.29. The monoisotopic (exact) mass is 446 g/mol. The lowest BCUT2D eigenvalue weighted by molar-refractivity contribution is -0.00177. The Bertz CT molecular complexity index is 1100. The van der Waals surface area contributed by atoms with Gasteiger partial charge in [0, 0.05) is 30.4 Å². The summed E-state index contributed by atoms with van der Waals surface area (Å²) in [5.41, 5.74) is 0.447. The molecule has 8 nitrogen and oxygen atoms in total. The number of fused-ring (bicyclic) bond motifs is 1. The van der Waals surface area contributed by atoms with Crippen LogP contribution in [0.4, 0.5) is 14.5 Å². The summed E-state index contributed by atoms with van der Waals surface area (Å²) in [5.74, 6) is -0.202. The molecular weight excluding hydrogens is 418 g/mol. The Morgan fingerprint density at radius 3 is 2.62 bits per heavy atom. The van der Waals surface area contributed by atoms with Crippen LogP contribution in [-0.2, 0) is 0 Å². The van der Waals surface area contributed by atoms with E-state index in [-0.39, 0.29) is 18.7 Å². The molecule has 3 heterocycles. The lowest BCUT2D eigenvalue weighted by atomic mass is 10.0. The lowest BCUT2D eigenvalue weighted by Gasteiger charge is -2.22. The Kier molecular flexibility index (Phi) is 7.02. The van der Waals surface area contributed by atoms with Crippen molar-refractivity contribution in [1.29, 1.82) is 0 Å². The van der Waals surface area contributed by atoms with Crippen LogP contribution in [0, 0.1) is 6.92 Å². The van der Waals surface area contributed by atoms with E-state index in [4.69, 9.17) is 0 Å². The van der Waals surface area contributed by atoms with E-state index in [1.165, 1.54) is 24.7 Å². The molecule has 0 aliphatic heterocycles. The number of rotatable bonds is 9. The normalized spacial score (nSPS) is 13.7. The molecule has 0 radical (unpaired) electrons. The Morgan fingerprint density at radius 1 is 1.19 bits per heavy atom. The van der Waals surface area contributed by atoms with Crippen LogP contribution >= 0.6 is 0 Å². The molecule has 2 atom stereocenters. The van der Waals surface area contributed by atoms with Gasteiger partial charge in [-0.05, 0) is 38.8 Å². The number of nitrogens with zero attached hydrogens (tertiary/aromatic N) is 4. The average Bonchev–Trinajstić information content (AvgIpc) is 3.17. The van der Waals surface area contributed by atoms with Crippen LogP contribution in [0.2, 0.25) is 0 Å². The summed E-state index contributed by atoms with van der Waals surface area (Å²) in [5, 5.41) is 20.3. The number of anilines is 1. The van der Waals surface area contributed by atoms with Gasteiger partial charge in [0.15, 0.2) is 11.5 Å². The highest BCUT2D eigenvalue weighted by molar-refractivity contribution is 5.99. The third-order valence-electron chi connectivity index (χ3n) is 5.06. The molecule has 0 saturated heterocycles. The Morgan fingerprint density at radius 2 is 1.94 bits per heavy atom. The number of hydrogen-bond acceptors (Lipinski definition) is 6. The standard InChI is InChI=1S/C22H28F2N6O2/c1-5-15(23)10-25-17-7-19(30-20-14(9-29-30)6-13(2)8-27-20)26-11-16(17)21(31)28-12-18(24)22(3,4)32/h6-9,11,15,18,32H,5,10,12H2,1-4H3,(H,25,26)(H,28,31). The fraction of sp³-hybridized carbons (Fsp3) is 0.455. The fourth-order valence-corrected chi connectivity index (χ4v) is 2.98.